The smallest absolute Gasteiger partial charge is 0.238 e. The van der Waals surface area contributed by atoms with E-state index in [9.17, 15) is 5.26 Å². The van der Waals surface area contributed by atoms with Crippen molar-refractivity contribution in [2.75, 3.05) is 6.79 Å². The van der Waals surface area contributed by atoms with Crippen LogP contribution in [0.15, 0.2) is 82.2 Å². The summed E-state index contributed by atoms with van der Waals surface area (Å²) in [6, 6.07) is 25.0. The first kappa shape index (κ1) is 19.0. The molecule has 31 heavy (non-hydrogen) atoms. The molecule has 0 amide bonds. The maximum atomic E-state index is 9.95. The van der Waals surface area contributed by atoms with Crippen molar-refractivity contribution in [3.63, 3.8) is 0 Å². The van der Waals surface area contributed by atoms with Gasteiger partial charge in [0.2, 0.25) is 12.7 Å². The Labute approximate surface area is 183 Å². The summed E-state index contributed by atoms with van der Waals surface area (Å²) in [6.45, 7) is 0.157. The van der Waals surface area contributed by atoms with Crippen molar-refractivity contribution in [1.82, 2.24) is 0 Å². The van der Waals surface area contributed by atoms with Crippen LogP contribution in [0.1, 0.15) is 11.1 Å². The number of nitrogens with zero attached hydrogens (tertiary/aromatic N) is 2. The Bertz CT molecular complexity index is 1320. The lowest BCUT2D eigenvalue weighted by molar-refractivity contribution is 0.174. The van der Waals surface area contributed by atoms with Gasteiger partial charge in [-0.2, -0.15) is 5.26 Å². The number of nitriles is 1. The van der Waals surface area contributed by atoms with Gasteiger partial charge in [-0.05, 0) is 11.6 Å². The highest BCUT2D eigenvalue weighted by Crippen LogP contribution is 2.43. The van der Waals surface area contributed by atoms with Crippen LogP contribution < -0.4 is 9.47 Å². The molecule has 3 aromatic carbocycles. The fraction of sp³-hybridized carbons (Fsp3) is 0.0400. The second kappa shape index (κ2) is 8.02. The molecule has 0 atom stereocenters. The van der Waals surface area contributed by atoms with Gasteiger partial charge in [-0.25, -0.2) is 4.99 Å². The van der Waals surface area contributed by atoms with Crippen LogP contribution in [0, 0.1) is 11.3 Å². The van der Waals surface area contributed by atoms with E-state index in [-0.39, 0.29) is 12.7 Å². The zero-order valence-corrected chi connectivity index (χ0v) is 17.0. The van der Waals surface area contributed by atoms with E-state index in [1.54, 1.807) is 18.3 Å². The van der Waals surface area contributed by atoms with Gasteiger partial charge in [-0.15, -0.1) is 0 Å². The van der Waals surface area contributed by atoms with Crippen molar-refractivity contribution in [1.29, 1.82) is 5.26 Å². The third-order valence-electron chi connectivity index (χ3n) is 4.91. The molecule has 5 rings (SSSR count). The van der Waals surface area contributed by atoms with Crippen LogP contribution in [0.25, 0.3) is 22.5 Å². The minimum Gasteiger partial charge on any atom is -0.454 e. The van der Waals surface area contributed by atoms with E-state index in [1.165, 1.54) is 0 Å². The van der Waals surface area contributed by atoms with Gasteiger partial charge in [0, 0.05) is 29.0 Å². The maximum absolute atomic E-state index is 9.95. The molecular weight excluding hydrogens is 412 g/mol. The Morgan fingerprint density at radius 2 is 1.55 bits per heavy atom. The zero-order chi connectivity index (χ0) is 21.2. The van der Waals surface area contributed by atoms with Gasteiger partial charge in [-0.3, -0.25) is 0 Å². The largest absolute Gasteiger partial charge is 0.454 e. The number of rotatable bonds is 4. The first-order chi connectivity index (χ1) is 15.2. The van der Waals surface area contributed by atoms with Gasteiger partial charge in [0.25, 0.3) is 0 Å². The molecule has 0 radical (unpaired) electrons. The molecule has 0 spiro atoms. The Morgan fingerprint density at radius 3 is 2.23 bits per heavy atom. The van der Waals surface area contributed by atoms with Gasteiger partial charge >= 0.3 is 0 Å². The first-order valence-corrected chi connectivity index (χ1v) is 9.93. The molecular formula is C25H15ClN2O3. The van der Waals surface area contributed by atoms with Crippen LogP contribution in [0.2, 0.25) is 5.02 Å². The summed E-state index contributed by atoms with van der Waals surface area (Å²) in [5, 5.41) is 10.4. The van der Waals surface area contributed by atoms with E-state index in [4.69, 9.17) is 25.5 Å². The molecule has 1 aromatic heterocycles. The monoisotopic (exact) mass is 426 g/mol. The molecule has 6 heteroatoms. The molecule has 150 valence electrons. The fourth-order valence-corrected chi connectivity index (χ4v) is 3.65. The topological polar surface area (TPSA) is 67.8 Å². The van der Waals surface area contributed by atoms with Crippen LogP contribution in [0.3, 0.4) is 0 Å². The van der Waals surface area contributed by atoms with Gasteiger partial charge in [0.1, 0.15) is 17.4 Å². The third-order valence-corrected chi connectivity index (χ3v) is 5.24. The average Bonchev–Trinajstić information content (AvgIpc) is 3.42. The number of fused-ring (bicyclic) bond motifs is 1. The molecule has 2 heterocycles. The molecule has 0 fully saturated rings. The van der Waals surface area contributed by atoms with Crippen LogP contribution >= 0.6 is 11.6 Å². The highest BCUT2D eigenvalue weighted by Gasteiger charge is 2.23. The van der Waals surface area contributed by atoms with Gasteiger partial charge in [-0.1, -0.05) is 72.3 Å². The van der Waals surface area contributed by atoms with Crippen LogP contribution in [0.4, 0.5) is 5.88 Å². The quantitative estimate of drug-likeness (QED) is 0.344. The summed E-state index contributed by atoms with van der Waals surface area (Å²) < 4.78 is 16.9. The Kier molecular flexibility index (Phi) is 4.91. The minimum atomic E-state index is 0.157. The molecule has 5 nitrogen and oxygen atoms in total. The van der Waals surface area contributed by atoms with Crippen molar-refractivity contribution in [2.24, 2.45) is 4.99 Å². The molecule has 0 bridgehead atoms. The maximum Gasteiger partial charge on any atom is 0.238 e. The SMILES string of the molecule is N#Cc1c(N=Cc2cc3c(cc2Cl)OCO3)oc(-c2ccccc2)c1-c1ccccc1. The summed E-state index contributed by atoms with van der Waals surface area (Å²) in [4.78, 5) is 4.47. The van der Waals surface area contributed by atoms with Crippen molar-refractivity contribution >= 4 is 23.7 Å². The molecule has 0 saturated carbocycles. The minimum absolute atomic E-state index is 0.157. The zero-order valence-electron chi connectivity index (χ0n) is 16.2. The summed E-state index contributed by atoms with van der Waals surface area (Å²) in [7, 11) is 0. The van der Waals surface area contributed by atoms with E-state index in [0.717, 1.165) is 11.1 Å². The standard InChI is InChI=1S/C25H15ClN2O3/c26-20-12-22-21(29-15-30-22)11-18(20)14-28-25-19(13-27)23(16-7-3-1-4-8-16)24(31-25)17-9-5-2-6-10-17/h1-12,14H,15H2. The molecule has 0 N–H and O–H groups in total. The lowest BCUT2D eigenvalue weighted by Gasteiger charge is -2.03. The highest BCUT2D eigenvalue weighted by molar-refractivity contribution is 6.33. The summed E-state index contributed by atoms with van der Waals surface area (Å²) in [6.07, 6.45) is 1.56. The Balaban J connectivity index is 1.64. The summed E-state index contributed by atoms with van der Waals surface area (Å²) in [5.41, 5.74) is 3.44. The molecule has 1 aliphatic rings. The number of hydrogen-bond acceptors (Lipinski definition) is 5. The number of hydrogen-bond donors (Lipinski definition) is 0. The van der Waals surface area contributed by atoms with Crippen LogP contribution in [0.5, 0.6) is 11.5 Å². The number of ether oxygens (including phenoxy) is 2. The van der Waals surface area contributed by atoms with Crippen LogP contribution in [-0.4, -0.2) is 13.0 Å². The van der Waals surface area contributed by atoms with Crippen molar-refractivity contribution in [3.05, 3.63) is 88.9 Å². The van der Waals surface area contributed by atoms with Gasteiger partial charge in [0.15, 0.2) is 11.5 Å². The van der Waals surface area contributed by atoms with E-state index in [1.807, 2.05) is 60.7 Å². The average molecular weight is 427 g/mol. The van der Waals surface area contributed by atoms with Gasteiger partial charge in [0.05, 0.1) is 5.02 Å². The van der Waals surface area contributed by atoms with Crippen molar-refractivity contribution < 1.29 is 13.9 Å². The predicted molar refractivity (Wildman–Crippen MR) is 119 cm³/mol. The molecule has 4 aromatic rings. The molecule has 0 unspecified atom stereocenters. The number of furan rings is 1. The number of benzene rings is 3. The molecule has 1 aliphatic heterocycles. The van der Waals surface area contributed by atoms with Crippen molar-refractivity contribution in [2.45, 2.75) is 0 Å². The fourth-order valence-electron chi connectivity index (χ4n) is 3.45. The Morgan fingerprint density at radius 1 is 0.903 bits per heavy atom. The summed E-state index contributed by atoms with van der Waals surface area (Å²) in [5.74, 6) is 2.00. The van der Waals surface area contributed by atoms with E-state index < -0.39 is 0 Å². The molecule has 0 saturated heterocycles. The Hall–Kier alpha value is -4.01. The highest BCUT2D eigenvalue weighted by atomic mass is 35.5. The molecule has 0 aliphatic carbocycles. The lowest BCUT2D eigenvalue weighted by atomic mass is 9.98. The number of aliphatic imine (C=N–C) groups is 1. The normalized spacial score (nSPS) is 12.3. The second-order valence-electron chi connectivity index (χ2n) is 6.82. The van der Waals surface area contributed by atoms with Gasteiger partial charge < -0.3 is 13.9 Å². The van der Waals surface area contributed by atoms with Crippen molar-refractivity contribution in [3.8, 4) is 40.0 Å². The number of halogens is 1. The van der Waals surface area contributed by atoms with Crippen LogP contribution in [-0.2, 0) is 0 Å². The van der Waals surface area contributed by atoms with E-state index in [2.05, 4.69) is 11.1 Å². The second-order valence-corrected chi connectivity index (χ2v) is 7.22. The lowest BCUT2D eigenvalue weighted by Crippen LogP contribution is -1.92. The third kappa shape index (κ3) is 3.54. The first-order valence-electron chi connectivity index (χ1n) is 9.55. The predicted octanol–water partition coefficient (Wildman–Crippen LogP) is 6.62. The summed E-state index contributed by atoms with van der Waals surface area (Å²) >= 11 is 6.35. The van der Waals surface area contributed by atoms with E-state index in [0.29, 0.717) is 39.0 Å². The van der Waals surface area contributed by atoms with E-state index >= 15 is 0 Å².